The second kappa shape index (κ2) is 3.42. The smallest absolute Gasteiger partial charge is 0.335 e. The third-order valence-corrected chi connectivity index (χ3v) is 2.63. The van der Waals surface area contributed by atoms with Gasteiger partial charge in [0.2, 0.25) is 0 Å². The van der Waals surface area contributed by atoms with Crippen LogP contribution in [-0.4, -0.2) is 11.1 Å². The minimum Gasteiger partial charge on any atom is -0.478 e. The summed E-state index contributed by atoms with van der Waals surface area (Å²) in [5.74, 6) is -0.316. The van der Waals surface area contributed by atoms with Gasteiger partial charge >= 0.3 is 5.97 Å². The molecular formula is C11H13NO2. The molecule has 0 heterocycles. The number of carboxylic acid groups (broad SMARTS) is 1. The highest BCUT2D eigenvalue weighted by atomic mass is 16.4. The predicted molar refractivity (Wildman–Crippen MR) is 53.3 cm³/mol. The third kappa shape index (κ3) is 1.63. The Kier molecular flexibility index (Phi) is 2.25. The van der Waals surface area contributed by atoms with Crippen LogP contribution in [0.5, 0.6) is 0 Å². The largest absolute Gasteiger partial charge is 0.478 e. The van der Waals surface area contributed by atoms with Crippen molar-refractivity contribution in [2.75, 3.05) is 0 Å². The fraction of sp³-hybridized carbons (Fsp3) is 0.364. The van der Waals surface area contributed by atoms with Gasteiger partial charge in [0, 0.05) is 6.54 Å². The van der Waals surface area contributed by atoms with E-state index in [1.54, 1.807) is 12.1 Å². The molecule has 1 aliphatic rings. The minimum atomic E-state index is -0.865. The number of benzene rings is 1. The lowest BCUT2D eigenvalue weighted by Gasteiger charge is -2.07. The topological polar surface area (TPSA) is 63.3 Å². The maximum atomic E-state index is 10.8. The number of hydrogen-bond acceptors (Lipinski definition) is 2. The van der Waals surface area contributed by atoms with Crippen molar-refractivity contribution in [3.8, 4) is 0 Å². The molecular weight excluding hydrogens is 178 g/mol. The lowest BCUT2D eigenvalue weighted by molar-refractivity contribution is 0.0697. The van der Waals surface area contributed by atoms with Gasteiger partial charge in [0.1, 0.15) is 0 Å². The lowest BCUT2D eigenvalue weighted by atomic mass is 10.0. The van der Waals surface area contributed by atoms with E-state index in [0.717, 1.165) is 24.0 Å². The van der Waals surface area contributed by atoms with E-state index in [0.29, 0.717) is 18.0 Å². The van der Waals surface area contributed by atoms with Gasteiger partial charge in [-0.25, -0.2) is 4.79 Å². The number of nitrogens with two attached hydrogens (primary N) is 1. The molecule has 0 saturated heterocycles. The van der Waals surface area contributed by atoms with Crippen molar-refractivity contribution in [1.82, 2.24) is 0 Å². The molecule has 2 rings (SSSR count). The summed E-state index contributed by atoms with van der Waals surface area (Å²) in [5.41, 5.74) is 8.17. The van der Waals surface area contributed by atoms with E-state index in [1.165, 1.54) is 0 Å². The average Bonchev–Trinajstić information content (AvgIpc) is 3.00. The van der Waals surface area contributed by atoms with Gasteiger partial charge in [-0.3, -0.25) is 0 Å². The summed E-state index contributed by atoms with van der Waals surface area (Å²) < 4.78 is 0. The van der Waals surface area contributed by atoms with Crippen molar-refractivity contribution in [1.29, 1.82) is 0 Å². The summed E-state index contributed by atoms with van der Waals surface area (Å²) in [4.78, 5) is 10.8. The monoisotopic (exact) mass is 191 g/mol. The highest BCUT2D eigenvalue weighted by molar-refractivity contribution is 5.88. The molecule has 3 nitrogen and oxygen atoms in total. The number of carbonyl (C=O) groups is 1. The molecule has 3 N–H and O–H groups in total. The van der Waals surface area contributed by atoms with Crippen LogP contribution in [-0.2, 0) is 6.54 Å². The van der Waals surface area contributed by atoms with Crippen molar-refractivity contribution in [2.45, 2.75) is 25.3 Å². The molecule has 1 saturated carbocycles. The fourth-order valence-corrected chi connectivity index (χ4v) is 1.69. The molecule has 0 aromatic heterocycles. The maximum absolute atomic E-state index is 10.8. The predicted octanol–water partition coefficient (Wildman–Crippen LogP) is 1.72. The van der Waals surface area contributed by atoms with Gasteiger partial charge in [-0.1, -0.05) is 6.07 Å². The molecule has 0 aliphatic heterocycles. The van der Waals surface area contributed by atoms with Gasteiger partial charge in [0.15, 0.2) is 0 Å². The number of carboxylic acids is 1. The average molecular weight is 191 g/mol. The van der Waals surface area contributed by atoms with Crippen LogP contribution in [0.15, 0.2) is 18.2 Å². The zero-order valence-corrected chi connectivity index (χ0v) is 7.86. The SMILES string of the molecule is NCc1ccc(C(=O)O)cc1C1CC1. The van der Waals surface area contributed by atoms with E-state index in [9.17, 15) is 4.79 Å². The third-order valence-electron chi connectivity index (χ3n) is 2.63. The highest BCUT2D eigenvalue weighted by Crippen LogP contribution is 2.41. The van der Waals surface area contributed by atoms with Crippen LogP contribution in [0.25, 0.3) is 0 Å². The molecule has 0 bridgehead atoms. The van der Waals surface area contributed by atoms with Crippen molar-refractivity contribution in [2.24, 2.45) is 5.73 Å². The first-order valence-corrected chi connectivity index (χ1v) is 4.78. The standard InChI is InChI=1S/C11H13NO2/c12-6-9-4-3-8(11(13)14)5-10(9)7-1-2-7/h3-5,7H,1-2,6,12H2,(H,13,14). The van der Waals surface area contributed by atoms with E-state index < -0.39 is 5.97 Å². The second-order valence-electron chi connectivity index (χ2n) is 3.70. The van der Waals surface area contributed by atoms with E-state index in [4.69, 9.17) is 10.8 Å². The molecule has 0 unspecified atom stereocenters. The minimum absolute atomic E-state index is 0.365. The Morgan fingerprint density at radius 1 is 1.50 bits per heavy atom. The summed E-state index contributed by atoms with van der Waals surface area (Å²) in [6.45, 7) is 0.492. The molecule has 1 aromatic carbocycles. The Balaban J connectivity index is 2.41. The van der Waals surface area contributed by atoms with Crippen molar-refractivity contribution in [3.05, 3.63) is 34.9 Å². The number of hydrogen-bond donors (Lipinski definition) is 2. The lowest BCUT2D eigenvalue weighted by Crippen LogP contribution is -2.04. The Morgan fingerprint density at radius 3 is 2.71 bits per heavy atom. The Bertz CT molecular complexity index is 370. The molecule has 14 heavy (non-hydrogen) atoms. The molecule has 1 fully saturated rings. The maximum Gasteiger partial charge on any atom is 0.335 e. The Morgan fingerprint density at radius 2 is 2.21 bits per heavy atom. The van der Waals surface area contributed by atoms with Crippen LogP contribution in [0.1, 0.15) is 40.2 Å². The van der Waals surface area contributed by atoms with Crippen LogP contribution in [0.3, 0.4) is 0 Å². The molecule has 0 amide bonds. The van der Waals surface area contributed by atoms with Crippen LogP contribution in [0.4, 0.5) is 0 Å². The molecule has 0 atom stereocenters. The second-order valence-corrected chi connectivity index (χ2v) is 3.70. The molecule has 3 heteroatoms. The van der Waals surface area contributed by atoms with E-state index >= 15 is 0 Å². The van der Waals surface area contributed by atoms with Crippen molar-refractivity contribution in [3.63, 3.8) is 0 Å². The zero-order chi connectivity index (χ0) is 10.1. The van der Waals surface area contributed by atoms with E-state index in [1.807, 2.05) is 6.07 Å². The Hall–Kier alpha value is -1.35. The first kappa shape index (κ1) is 9.21. The van der Waals surface area contributed by atoms with Crippen LogP contribution >= 0.6 is 0 Å². The molecule has 0 spiro atoms. The van der Waals surface area contributed by atoms with Crippen molar-refractivity contribution < 1.29 is 9.90 Å². The zero-order valence-electron chi connectivity index (χ0n) is 7.86. The fourth-order valence-electron chi connectivity index (χ4n) is 1.69. The number of aromatic carboxylic acids is 1. The molecule has 1 aromatic rings. The van der Waals surface area contributed by atoms with Gasteiger partial charge in [-0.2, -0.15) is 0 Å². The summed E-state index contributed by atoms with van der Waals surface area (Å²) >= 11 is 0. The molecule has 0 radical (unpaired) electrons. The first-order chi connectivity index (χ1) is 6.72. The van der Waals surface area contributed by atoms with Gasteiger partial charge in [-0.15, -0.1) is 0 Å². The van der Waals surface area contributed by atoms with Gasteiger partial charge in [0.05, 0.1) is 5.56 Å². The van der Waals surface area contributed by atoms with Crippen LogP contribution in [0, 0.1) is 0 Å². The summed E-state index contributed by atoms with van der Waals surface area (Å²) in [7, 11) is 0. The van der Waals surface area contributed by atoms with E-state index in [-0.39, 0.29) is 0 Å². The Labute approximate surface area is 82.5 Å². The first-order valence-electron chi connectivity index (χ1n) is 4.78. The van der Waals surface area contributed by atoms with Gasteiger partial charge in [0.25, 0.3) is 0 Å². The summed E-state index contributed by atoms with van der Waals surface area (Å²) in [5, 5.41) is 8.84. The summed E-state index contributed by atoms with van der Waals surface area (Å²) in [6, 6.07) is 5.22. The van der Waals surface area contributed by atoms with Gasteiger partial charge < -0.3 is 10.8 Å². The van der Waals surface area contributed by atoms with Crippen LogP contribution in [0.2, 0.25) is 0 Å². The highest BCUT2D eigenvalue weighted by Gasteiger charge is 2.26. The number of rotatable bonds is 3. The molecule has 1 aliphatic carbocycles. The van der Waals surface area contributed by atoms with Gasteiger partial charge in [-0.05, 0) is 42.0 Å². The normalized spacial score (nSPS) is 15.5. The summed E-state index contributed by atoms with van der Waals surface area (Å²) in [6.07, 6.45) is 2.33. The van der Waals surface area contributed by atoms with Crippen LogP contribution < -0.4 is 5.73 Å². The quantitative estimate of drug-likeness (QED) is 0.764. The molecule has 74 valence electrons. The van der Waals surface area contributed by atoms with Crippen molar-refractivity contribution >= 4 is 5.97 Å². The van der Waals surface area contributed by atoms with E-state index in [2.05, 4.69) is 0 Å².